The lowest BCUT2D eigenvalue weighted by Gasteiger charge is -2.03. The molecule has 0 aliphatic rings. The molecule has 8 heteroatoms. The van der Waals surface area contributed by atoms with Crippen molar-refractivity contribution in [2.45, 2.75) is 22.6 Å². The summed E-state index contributed by atoms with van der Waals surface area (Å²) < 4.78 is 4.98. The number of non-ortho nitro benzene ring substituents is 1. The van der Waals surface area contributed by atoms with Crippen molar-refractivity contribution in [3.05, 3.63) is 34.1 Å². The number of nitro benzene ring substituents is 1. The molecule has 0 bridgehead atoms. The number of nitrogens with one attached hydrogen (secondary N) is 1. The number of aromatic nitrogens is 2. The van der Waals surface area contributed by atoms with Gasteiger partial charge in [-0.05, 0) is 17.6 Å². The molecule has 1 aromatic heterocycles. The quantitative estimate of drug-likeness (QED) is 0.674. The van der Waals surface area contributed by atoms with Crippen LogP contribution in [-0.4, -0.2) is 21.3 Å². The van der Waals surface area contributed by atoms with Gasteiger partial charge in [-0.15, -0.1) is 0 Å². The molecule has 0 amide bonds. The molecule has 6 nitrogen and oxygen atoms in total. The van der Waals surface area contributed by atoms with Gasteiger partial charge in [0.1, 0.15) is 5.82 Å². The van der Waals surface area contributed by atoms with Crippen LogP contribution in [0.4, 0.5) is 11.4 Å². The number of benzene rings is 1. The largest absolute Gasteiger partial charge is 0.388 e. The first-order valence-electron chi connectivity index (χ1n) is 5.60. The molecule has 1 heterocycles. The van der Waals surface area contributed by atoms with Gasteiger partial charge < -0.3 is 5.32 Å². The van der Waals surface area contributed by atoms with Crippen molar-refractivity contribution in [1.82, 2.24) is 9.36 Å². The molecule has 0 saturated carbocycles. The molecular weight excluding hydrogens is 284 g/mol. The van der Waals surface area contributed by atoms with Crippen LogP contribution < -0.4 is 5.32 Å². The van der Waals surface area contributed by atoms with Gasteiger partial charge in [0, 0.05) is 36.2 Å². The van der Waals surface area contributed by atoms with Crippen LogP contribution in [0.2, 0.25) is 0 Å². The van der Waals surface area contributed by atoms with Crippen LogP contribution in [0.25, 0.3) is 0 Å². The van der Waals surface area contributed by atoms with Crippen LogP contribution in [0.3, 0.4) is 0 Å². The van der Waals surface area contributed by atoms with E-state index >= 15 is 0 Å². The van der Waals surface area contributed by atoms with Crippen molar-refractivity contribution < 1.29 is 4.92 Å². The van der Waals surface area contributed by atoms with E-state index in [-0.39, 0.29) is 5.69 Å². The van der Waals surface area contributed by atoms with E-state index in [9.17, 15) is 10.1 Å². The summed E-state index contributed by atoms with van der Waals surface area (Å²) in [6.45, 7) is 1.99. The minimum atomic E-state index is -0.400. The van der Waals surface area contributed by atoms with E-state index < -0.39 is 4.92 Å². The Kier molecular flexibility index (Phi) is 4.33. The Morgan fingerprint density at radius 1 is 1.47 bits per heavy atom. The Morgan fingerprint density at radius 3 is 2.84 bits per heavy atom. The fraction of sp³-hybridized carbons (Fsp3) is 0.273. The average Bonchev–Trinajstić information content (AvgIpc) is 2.85. The number of anilines is 1. The first-order chi connectivity index (χ1) is 9.12. The van der Waals surface area contributed by atoms with E-state index in [1.54, 1.807) is 13.1 Å². The lowest BCUT2D eigenvalue weighted by molar-refractivity contribution is -0.385. The second kappa shape index (κ2) is 5.98. The summed E-state index contributed by atoms with van der Waals surface area (Å²) in [6.07, 6.45) is 0.785. The van der Waals surface area contributed by atoms with Crippen molar-refractivity contribution in [3.8, 4) is 0 Å². The molecule has 0 aliphatic carbocycles. The van der Waals surface area contributed by atoms with Crippen LogP contribution >= 0.6 is 23.3 Å². The normalized spacial score (nSPS) is 10.4. The molecule has 19 heavy (non-hydrogen) atoms. The van der Waals surface area contributed by atoms with Crippen molar-refractivity contribution >= 4 is 34.7 Å². The van der Waals surface area contributed by atoms with E-state index in [1.807, 2.05) is 13.0 Å². The molecule has 0 spiro atoms. The number of hydrogen-bond acceptors (Lipinski definition) is 7. The molecule has 0 fully saturated rings. The predicted octanol–water partition coefficient (Wildman–Crippen LogP) is 3.20. The third kappa shape index (κ3) is 3.42. The summed E-state index contributed by atoms with van der Waals surface area (Å²) in [4.78, 5) is 15.6. The monoisotopic (exact) mass is 296 g/mol. The van der Waals surface area contributed by atoms with Gasteiger partial charge in [-0.2, -0.15) is 4.37 Å². The summed E-state index contributed by atoms with van der Waals surface area (Å²) in [5, 5.41) is 13.8. The number of rotatable bonds is 5. The molecule has 0 aliphatic heterocycles. The molecule has 100 valence electrons. The maximum absolute atomic E-state index is 10.9. The van der Waals surface area contributed by atoms with Gasteiger partial charge in [0.25, 0.3) is 5.69 Å². The number of nitro groups is 1. The van der Waals surface area contributed by atoms with Crippen LogP contribution in [0.1, 0.15) is 12.7 Å². The third-order valence-corrected chi connectivity index (χ3v) is 4.12. The molecule has 0 radical (unpaired) electrons. The van der Waals surface area contributed by atoms with E-state index in [0.717, 1.165) is 21.5 Å². The fourth-order valence-electron chi connectivity index (χ4n) is 1.42. The van der Waals surface area contributed by atoms with Crippen molar-refractivity contribution in [1.29, 1.82) is 0 Å². The lowest BCUT2D eigenvalue weighted by Crippen LogP contribution is -1.93. The van der Waals surface area contributed by atoms with Crippen LogP contribution in [0.5, 0.6) is 0 Å². The smallest absolute Gasteiger partial charge is 0.272 e. The number of nitrogens with zero attached hydrogens (tertiary/aromatic N) is 3. The number of hydrogen-bond donors (Lipinski definition) is 1. The molecule has 0 saturated heterocycles. The highest BCUT2D eigenvalue weighted by molar-refractivity contribution is 8.01. The van der Waals surface area contributed by atoms with E-state index in [2.05, 4.69) is 14.7 Å². The zero-order valence-corrected chi connectivity index (χ0v) is 12.0. The van der Waals surface area contributed by atoms with Gasteiger partial charge in [-0.3, -0.25) is 10.1 Å². The molecule has 0 atom stereocenters. The Bertz CT molecular complexity index is 600. The zero-order valence-electron chi connectivity index (χ0n) is 10.4. The Hall–Kier alpha value is -1.67. The summed E-state index contributed by atoms with van der Waals surface area (Å²) >= 11 is 2.69. The summed E-state index contributed by atoms with van der Waals surface area (Å²) in [5.41, 5.74) is 0.770. The minimum Gasteiger partial charge on any atom is -0.388 e. The standard InChI is InChI=1S/C11H12N4O2S2/c1-3-10-13-11(19-14-10)18-9-5-7(12-2)4-8(6-9)15(16)17/h4-6,12H,3H2,1-2H3. The molecule has 0 unspecified atom stereocenters. The van der Waals surface area contributed by atoms with Gasteiger partial charge >= 0.3 is 0 Å². The fourth-order valence-corrected chi connectivity index (χ4v) is 3.18. The zero-order chi connectivity index (χ0) is 13.8. The summed E-state index contributed by atoms with van der Waals surface area (Å²) in [6, 6.07) is 4.89. The first kappa shape index (κ1) is 13.8. The Labute approximate surface area is 118 Å². The number of aryl methyl sites for hydroxylation is 1. The summed E-state index contributed by atoms with van der Waals surface area (Å²) in [5.74, 6) is 0.798. The van der Waals surface area contributed by atoms with E-state index in [0.29, 0.717) is 5.69 Å². The van der Waals surface area contributed by atoms with Crippen LogP contribution in [0, 0.1) is 10.1 Å². The topological polar surface area (TPSA) is 81.0 Å². The highest BCUT2D eigenvalue weighted by atomic mass is 32.2. The van der Waals surface area contributed by atoms with Gasteiger partial charge in [-0.1, -0.05) is 18.7 Å². The molecule has 2 rings (SSSR count). The van der Waals surface area contributed by atoms with Crippen LogP contribution in [0.15, 0.2) is 27.4 Å². The SMILES string of the molecule is CCc1nsc(Sc2cc(NC)cc([N+](=O)[O-])c2)n1. The van der Waals surface area contributed by atoms with Crippen molar-refractivity contribution in [2.24, 2.45) is 0 Å². The third-order valence-electron chi connectivity index (χ3n) is 2.36. The lowest BCUT2D eigenvalue weighted by atomic mass is 10.3. The van der Waals surface area contributed by atoms with Gasteiger partial charge in [0.05, 0.1) is 4.92 Å². The maximum Gasteiger partial charge on any atom is 0.272 e. The second-order valence-electron chi connectivity index (χ2n) is 3.65. The molecule has 1 N–H and O–H groups in total. The van der Waals surface area contributed by atoms with E-state index in [1.165, 1.54) is 29.4 Å². The Morgan fingerprint density at radius 2 is 2.26 bits per heavy atom. The second-order valence-corrected chi connectivity index (χ2v) is 5.73. The van der Waals surface area contributed by atoms with Gasteiger partial charge in [-0.25, -0.2) is 4.98 Å². The van der Waals surface area contributed by atoms with Crippen molar-refractivity contribution in [2.75, 3.05) is 12.4 Å². The first-order valence-corrected chi connectivity index (χ1v) is 7.19. The Balaban J connectivity index is 2.28. The van der Waals surface area contributed by atoms with Crippen molar-refractivity contribution in [3.63, 3.8) is 0 Å². The molecular formula is C11H12N4O2S2. The highest BCUT2D eigenvalue weighted by Gasteiger charge is 2.12. The molecule has 1 aromatic carbocycles. The van der Waals surface area contributed by atoms with E-state index in [4.69, 9.17) is 0 Å². The summed E-state index contributed by atoms with van der Waals surface area (Å²) in [7, 11) is 1.73. The van der Waals surface area contributed by atoms with Gasteiger partial charge in [0.15, 0.2) is 4.34 Å². The maximum atomic E-state index is 10.9. The predicted molar refractivity (Wildman–Crippen MR) is 76.1 cm³/mol. The average molecular weight is 296 g/mol. The highest BCUT2D eigenvalue weighted by Crippen LogP contribution is 2.33. The van der Waals surface area contributed by atoms with Gasteiger partial charge in [0.2, 0.25) is 0 Å². The molecule has 2 aromatic rings. The minimum absolute atomic E-state index is 0.0644. The van der Waals surface area contributed by atoms with Crippen LogP contribution in [-0.2, 0) is 6.42 Å².